The van der Waals surface area contributed by atoms with Crippen LogP contribution in [0.1, 0.15) is 167 Å². The van der Waals surface area contributed by atoms with Gasteiger partial charge in [0, 0.05) is 41.3 Å². The fourth-order valence-electron chi connectivity index (χ4n) is 26.4. The third kappa shape index (κ3) is 5.81. The van der Waals surface area contributed by atoms with Crippen LogP contribution >= 0.6 is 0 Å². The Kier molecular flexibility index (Phi) is 10.8. The predicted molar refractivity (Wildman–Crippen MR) is 288 cm³/mol. The second-order valence-corrected chi connectivity index (χ2v) is 30.6. The van der Waals surface area contributed by atoms with Gasteiger partial charge in [0.2, 0.25) is 0 Å². The number of aliphatic hydroxyl groups excluding tert-OH is 3. The van der Waals surface area contributed by atoms with Crippen LogP contribution in [0.15, 0.2) is 40.7 Å². The van der Waals surface area contributed by atoms with Crippen LogP contribution in [0, 0.1) is 110 Å². The van der Waals surface area contributed by atoms with Crippen molar-refractivity contribution in [3.63, 3.8) is 0 Å². The molecule has 9 saturated carbocycles. The largest absolute Gasteiger partial charge is 0.469 e. The maximum absolute atomic E-state index is 17.1. The lowest BCUT2D eigenvalue weighted by atomic mass is 9.30. The number of ketones is 1. The van der Waals surface area contributed by atoms with Crippen molar-refractivity contribution in [2.45, 2.75) is 203 Å². The quantitative estimate of drug-likeness (QED) is 0.110. The van der Waals surface area contributed by atoms with Gasteiger partial charge in [-0.25, -0.2) is 4.79 Å². The number of carbonyl (C=O) groups is 3. The minimum atomic E-state index is -1.45. The first-order chi connectivity index (χ1) is 38.2. The standard InChI is InChI=1S/C66H88N2O11/c1-34-42-14-8-7-10-35(42)15-17-43(34)47-26-41-25-40-13-9-21-62(40)29-38-28-60(2)56(45-20-23-75-50(45)27-46(49(70)31-69)36-16-18-44-37(24-36)19-22-68-33-67-30-48(44)68)77-59(74)57-66(60,78-57)64(39-11-5-4-6-12-39)52(38)63-32-76-58(73)54(62)65(41,63)79-61(47,3)53(63)51(71)55(64)72/h19-20,22-23,26,34-40,42-44,46-49,52-57,67,69-70,72H,4-18,21,24-25,27-33H2,1-3H3. The van der Waals surface area contributed by atoms with Gasteiger partial charge in [-0.3, -0.25) is 14.9 Å². The van der Waals surface area contributed by atoms with Gasteiger partial charge in [0.05, 0.1) is 48.5 Å². The third-order valence-electron chi connectivity index (χ3n) is 28.6. The van der Waals surface area contributed by atoms with E-state index < -0.39 is 80.7 Å². The summed E-state index contributed by atoms with van der Waals surface area (Å²) in [6, 6.07) is 2.44. The number of epoxide rings is 1. The normalized spacial score (nSPS) is 54.9. The summed E-state index contributed by atoms with van der Waals surface area (Å²) in [6.07, 6.45) is 25.2. The molecular formula is C66H88N2O11. The number of hydrogen-bond donors (Lipinski definition) is 4. The van der Waals surface area contributed by atoms with Gasteiger partial charge in [-0.2, -0.15) is 0 Å². The molecule has 8 heterocycles. The lowest BCUT2D eigenvalue weighted by molar-refractivity contribution is -0.300. The van der Waals surface area contributed by atoms with Crippen molar-refractivity contribution < 1.29 is 53.1 Å². The summed E-state index contributed by atoms with van der Waals surface area (Å²) in [5.41, 5.74) is -4.95. The molecule has 13 nitrogen and oxygen atoms in total. The van der Waals surface area contributed by atoms with Gasteiger partial charge in [0.15, 0.2) is 11.9 Å². The molecular weight excluding hydrogens is 997 g/mol. The molecule has 0 aromatic carbocycles. The van der Waals surface area contributed by atoms with E-state index in [1.807, 2.05) is 6.07 Å². The van der Waals surface area contributed by atoms with Crippen LogP contribution < -0.4 is 5.32 Å². The second kappa shape index (κ2) is 16.8. The number of hydrogen-bond acceptors (Lipinski definition) is 13. The Balaban J connectivity index is 0.830. The van der Waals surface area contributed by atoms with Crippen molar-refractivity contribution in [1.82, 2.24) is 10.2 Å². The van der Waals surface area contributed by atoms with E-state index >= 15 is 14.4 Å². The molecule has 26 atom stereocenters. The number of allylic oxidation sites excluding steroid dienone is 1. The molecule has 7 aliphatic heterocycles. The number of nitrogens with one attached hydrogen (secondary N) is 1. The van der Waals surface area contributed by atoms with Gasteiger partial charge in [-0.15, -0.1) is 0 Å². The van der Waals surface area contributed by atoms with Crippen molar-refractivity contribution in [2.24, 2.45) is 110 Å². The van der Waals surface area contributed by atoms with E-state index in [2.05, 4.69) is 49.3 Å². The van der Waals surface area contributed by atoms with Crippen molar-refractivity contribution in [3.05, 3.63) is 47.6 Å². The number of rotatable bonds is 8. The molecule has 14 fully saturated rings. The molecule has 13 heteroatoms. The van der Waals surface area contributed by atoms with Crippen molar-refractivity contribution in [2.75, 3.05) is 26.4 Å². The smallest absolute Gasteiger partial charge is 0.339 e. The molecule has 26 unspecified atom stereocenters. The van der Waals surface area contributed by atoms with E-state index in [0.717, 1.165) is 115 Å². The summed E-state index contributed by atoms with van der Waals surface area (Å²) in [5.74, 6) is 1.07. The van der Waals surface area contributed by atoms with E-state index in [9.17, 15) is 15.3 Å². The molecule has 4 N–H and O–H groups in total. The van der Waals surface area contributed by atoms with E-state index in [-0.39, 0.29) is 66.4 Å². The third-order valence-corrected chi connectivity index (χ3v) is 28.6. The summed E-state index contributed by atoms with van der Waals surface area (Å²) in [5, 5.41) is 40.6. The molecule has 0 amide bonds. The molecule has 9 aliphatic carbocycles. The molecule has 5 saturated heterocycles. The summed E-state index contributed by atoms with van der Waals surface area (Å²) >= 11 is 0. The van der Waals surface area contributed by atoms with E-state index in [4.69, 9.17) is 23.4 Å². The molecule has 4 spiro atoms. The number of furan rings is 1. The Bertz CT molecular complexity index is 2810. The molecule has 428 valence electrons. The van der Waals surface area contributed by atoms with Crippen LogP contribution in [0.5, 0.6) is 0 Å². The summed E-state index contributed by atoms with van der Waals surface area (Å²) < 4.78 is 36.4. The van der Waals surface area contributed by atoms with Crippen LogP contribution in [0.4, 0.5) is 0 Å². The van der Waals surface area contributed by atoms with Crippen LogP contribution in [0.2, 0.25) is 0 Å². The fourth-order valence-corrected chi connectivity index (χ4v) is 26.4. The monoisotopic (exact) mass is 1080 g/mol. The highest BCUT2D eigenvalue weighted by atomic mass is 16.7. The van der Waals surface area contributed by atoms with E-state index in [1.165, 1.54) is 37.7 Å². The number of Topliss-reactive ketones (excluding diaryl/α,β-unsaturated/α-hetero) is 1. The number of aliphatic hydroxyl groups is 3. The van der Waals surface area contributed by atoms with Crippen molar-refractivity contribution in [3.8, 4) is 0 Å². The number of nitrogens with zero attached hydrogens (tertiary/aromatic N) is 1. The molecule has 1 aromatic rings. The molecule has 1 aromatic heterocycles. The lowest BCUT2D eigenvalue weighted by Crippen LogP contribution is -2.82. The average molecular weight is 1090 g/mol. The van der Waals surface area contributed by atoms with Crippen LogP contribution in [-0.4, -0.2) is 106 Å². The summed E-state index contributed by atoms with van der Waals surface area (Å²) in [7, 11) is 0. The zero-order valence-corrected chi connectivity index (χ0v) is 47.2. The number of cyclic esters (lactones) is 2. The first kappa shape index (κ1) is 50.4. The second-order valence-electron chi connectivity index (χ2n) is 30.6. The number of ether oxygens (including phenoxy) is 4. The van der Waals surface area contributed by atoms with Crippen LogP contribution in [0.3, 0.4) is 0 Å². The Labute approximate surface area is 466 Å². The maximum atomic E-state index is 17.1. The van der Waals surface area contributed by atoms with Crippen LogP contribution in [-0.2, 0) is 39.8 Å². The van der Waals surface area contributed by atoms with Gasteiger partial charge in [0.1, 0.15) is 35.8 Å². The van der Waals surface area contributed by atoms with Gasteiger partial charge in [0.25, 0.3) is 0 Å². The zero-order valence-electron chi connectivity index (χ0n) is 47.2. The SMILES string of the molecule is CC1C2CCCCC2CCC1C1C=C2CC3CCCC34CC3CC5(C)C(c6ccoc6CC(C(O)CO)C6CCC7C(C=CN8CNCC78)C6)OC(=O)C6OC65C5(C6CCCCC6)C(O)C(=O)C6C1(C)OC21C4C(=O)OCC61C35. The van der Waals surface area contributed by atoms with Gasteiger partial charge in [-0.1, -0.05) is 70.9 Å². The first-order valence-electron chi connectivity index (χ1n) is 32.4. The Hall–Kier alpha value is -3.07. The Morgan fingerprint density at radius 3 is 2.52 bits per heavy atom. The van der Waals surface area contributed by atoms with Crippen LogP contribution in [0.25, 0.3) is 0 Å². The lowest BCUT2D eigenvalue weighted by Gasteiger charge is -2.72. The van der Waals surface area contributed by atoms with Gasteiger partial charge >= 0.3 is 11.9 Å². The number of esters is 2. The first-order valence-corrected chi connectivity index (χ1v) is 32.4. The summed E-state index contributed by atoms with van der Waals surface area (Å²) in [4.78, 5) is 50.6. The molecule has 5 bridgehead atoms. The Morgan fingerprint density at radius 2 is 1.67 bits per heavy atom. The Morgan fingerprint density at radius 1 is 0.861 bits per heavy atom. The minimum absolute atomic E-state index is 0.0536. The molecule has 16 aliphatic rings. The van der Waals surface area contributed by atoms with Crippen molar-refractivity contribution >= 4 is 17.7 Å². The molecule has 0 radical (unpaired) electrons. The summed E-state index contributed by atoms with van der Waals surface area (Å²) in [6.45, 7) is 8.60. The highest BCUT2D eigenvalue weighted by molar-refractivity contribution is 5.94. The van der Waals surface area contributed by atoms with E-state index in [1.54, 1.807) is 6.26 Å². The highest BCUT2D eigenvalue weighted by Gasteiger charge is 2.98. The molecule has 17 rings (SSSR count). The average Bonchev–Trinajstić information content (AvgIpc) is 1.53. The minimum Gasteiger partial charge on any atom is -0.469 e. The fraction of sp³-hybridized carbons (Fsp3) is 0.833. The predicted octanol–water partition coefficient (Wildman–Crippen LogP) is 8.78. The number of carbonyl (C=O) groups excluding carboxylic acids is 3. The zero-order chi connectivity index (χ0) is 53.5. The van der Waals surface area contributed by atoms with E-state index in [0.29, 0.717) is 54.2 Å². The molecule has 79 heavy (non-hydrogen) atoms. The topological polar surface area (TPSA) is 181 Å². The highest BCUT2D eigenvalue weighted by Crippen LogP contribution is 2.90. The number of fused-ring (bicyclic) bond motifs is 6. The van der Waals surface area contributed by atoms with Gasteiger partial charge < -0.3 is 43.6 Å². The van der Waals surface area contributed by atoms with Gasteiger partial charge in [-0.05, 0) is 185 Å². The van der Waals surface area contributed by atoms with Crippen molar-refractivity contribution in [1.29, 1.82) is 0 Å². The maximum Gasteiger partial charge on any atom is 0.339 e.